The third-order valence-electron chi connectivity index (χ3n) is 4.05. The maximum atomic E-state index is 13.0. The average Bonchev–Trinajstić information content (AvgIpc) is 3.25. The number of fused-ring (bicyclic) bond motifs is 1. The summed E-state index contributed by atoms with van der Waals surface area (Å²) < 4.78 is 5.40. The Kier molecular flexibility index (Phi) is 2.85. The number of carbonyl (C=O) groups is 1. The summed E-state index contributed by atoms with van der Waals surface area (Å²) in [5, 5.41) is 7.14. The number of carbonyl (C=O) groups excluding carboxylic acids is 1. The standard InChI is InChI=1S/C17H15N3O2/c1-11-15(16(19-18-11)14-7-4-10-22-14)17(21)20-9-8-12-5-2-3-6-13(12)20/h2-7,10H,8-9H2,1H3,(H,18,19). The quantitative estimate of drug-likeness (QED) is 0.789. The van der Waals surface area contributed by atoms with E-state index in [2.05, 4.69) is 16.3 Å². The lowest BCUT2D eigenvalue weighted by molar-refractivity contribution is 0.0989. The van der Waals surface area contributed by atoms with E-state index in [-0.39, 0.29) is 5.91 Å². The van der Waals surface area contributed by atoms with Crippen molar-refractivity contribution in [3.8, 4) is 11.5 Å². The fourth-order valence-corrected chi connectivity index (χ4v) is 2.97. The molecule has 0 aliphatic carbocycles. The third-order valence-corrected chi connectivity index (χ3v) is 4.05. The van der Waals surface area contributed by atoms with E-state index in [0.29, 0.717) is 23.6 Å². The zero-order valence-electron chi connectivity index (χ0n) is 12.2. The molecule has 0 saturated heterocycles. The van der Waals surface area contributed by atoms with Crippen LogP contribution < -0.4 is 4.90 Å². The van der Waals surface area contributed by atoms with Crippen LogP contribution in [0.15, 0.2) is 47.1 Å². The molecule has 2 aromatic heterocycles. The fraction of sp³-hybridized carbons (Fsp3) is 0.176. The second kappa shape index (κ2) is 4.87. The van der Waals surface area contributed by atoms with Gasteiger partial charge in [0.2, 0.25) is 0 Å². The number of nitrogens with zero attached hydrogens (tertiary/aromatic N) is 2. The first-order valence-electron chi connectivity index (χ1n) is 7.24. The molecule has 0 spiro atoms. The van der Waals surface area contributed by atoms with Crippen LogP contribution in [-0.2, 0) is 6.42 Å². The molecule has 5 heteroatoms. The van der Waals surface area contributed by atoms with Crippen LogP contribution in [0.5, 0.6) is 0 Å². The van der Waals surface area contributed by atoms with Gasteiger partial charge in [-0.1, -0.05) is 18.2 Å². The number of benzene rings is 1. The minimum Gasteiger partial charge on any atom is -0.463 e. The summed E-state index contributed by atoms with van der Waals surface area (Å²) in [6.07, 6.45) is 2.47. The summed E-state index contributed by atoms with van der Waals surface area (Å²) in [4.78, 5) is 14.9. The molecule has 1 aliphatic heterocycles. The SMILES string of the molecule is Cc1[nH]nc(-c2ccco2)c1C(=O)N1CCc2ccccc21. The van der Waals surface area contributed by atoms with Gasteiger partial charge in [0.25, 0.3) is 5.91 Å². The number of anilines is 1. The molecule has 3 heterocycles. The summed E-state index contributed by atoms with van der Waals surface area (Å²) in [7, 11) is 0. The Bertz CT molecular complexity index is 833. The van der Waals surface area contributed by atoms with Gasteiger partial charge in [-0.25, -0.2) is 0 Å². The predicted octanol–water partition coefficient (Wildman–Crippen LogP) is 3.18. The van der Waals surface area contributed by atoms with E-state index >= 15 is 0 Å². The normalized spacial score (nSPS) is 13.4. The van der Waals surface area contributed by atoms with E-state index in [1.807, 2.05) is 36.1 Å². The van der Waals surface area contributed by atoms with Crippen LogP contribution in [-0.4, -0.2) is 22.6 Å². The number of aryl methyl sites for hydroxylation is 1. The van der Waals surface area contributed by atoms with Gasteiger partial charge in [-0.15, -0.1) is 0 Å². The number of para-hydroxylation sites is 1. The molecule has 1 aromatic carbocycles. The number of nitrogens with one attached hydrogen (secondary N) is 1. The number of H-pyrrole nitrogens is 1. The number of aromatic amines is 1. The molecule has 0 saturated carbocycles. The van der Waals surface area contributed by atoms with Gasteiger partial charge in [-0.3, -0.25) is 9.89 Å². The van der Waals surface area contributed by atoms with Crippen LogP contribution in [0, 0.1) is 6.92 Å². The molecule has 5 nitrogen and oxygen atoms in total. The lowest BCUT2D eigenvalue weighted by atomic mass is 10.1. The van der Waals surface area contributed by atoms with Crippen molar-refractivity contribution in [1.29, 1.82) is 0 Å². The predicted molar refractivity (Wildman–Crippen MR) is 82.8 cm³/mol. The maximum Gasteiger partial charge on any atom is 0.262 e. The molecule has 110 valence electrons. The van der Waals surface area contributed by atoms with Crippen LogP contribution in [0.2, 0.25) is 0 Å². The molecule has 0 fully saturated rings. The molecule has 0 atom stereocenters. The van der Waals surface area contributed by atoms with Crippen molar-refractivity contribution < 1.29 is 9.21 Å². The van der Waals surface area contributed by atoms with Crippen molar-refractivity contribution in [2.45, 2.75) is 13.3 Å². The molecule has 1 amide bonds. The molecule has 3 aromatic rings. The van der Waals surface area contributed by atoms with E-state index < -0.39 is 0 Å². The van der Waals surface area contributed by atoms with Crippen molar-refractivity contribution in [3.05, 3.63) is 59.5 Å². The van der Waals surface area contributed by atoms with Crippen molar-refractivity contribution in [2.75, 3.05) is 11.4 Å². The van der Waals surface area contributed by atoms with E-state index in [0.717, 1.165) is 17.8 Å². The van der Waals surface area contributed by atoms with Crippen molar-refractivity contribution in [3.63, 3.8) is 0 Å². The van der Waals surface area contributed by atoms with E-state index in [1.54, 1.807) is 12.3 Å². The van der Waals surface area contributed by atoms with Crippen LogP contribution in [0.4, 0.5) is 5.69 Å². The topological polar surface area (TPSA) is 62.1 Å². The zero-order valence-corrected chi connectivity index (χ0v) is 12.2. The molecule has 1 aliphatic rings. The van der Waals surface area contributed by atoms with Gasteiger partial charge in [-0.2, -0.15) is 5.10 Å². The average molecular weight is 293 g/mol. The lowest BCUT2D eigenvalue weighted by Gasteiger charge is -2.17. The number of aromatic nitrogens is 2. The van der Waals surface area contributed by atoms with Crippen molar-refractivity contribution in [2.24, 2.45) is 0 Å². The van der Waals surface area contributed by atoms with Gasteiger partial charge in [0.05, 0.1) is 11.8 Å². The second-order valence-corrected chi connectivity index (χ2v) is 5.39. The minimum absolute atomic E-state index is 0.0393. The summed E-state index contributed by atoms with van der Waals surface area (Å²) in [6.45, 7) is 2.55. The highest BCUT2D eigenvalue weighted by atomic mass is 16.3. The van der Waals surface area contributed by atoms with Gasteiger partial charge in [0.1, 0.15) is 5.69 Å². The summed E-state index contributed by atoms with van der Waals surface area (Å²) >= 11 is 0. The van der Waals surface area contributed by atoms with Gasteiger partial charge in [0, 0.05) is 17.9 Å². The Balaban J connectivity index is 1.78. The summed E-state index contributed by atoms with van der Waals surface area (Å²) in [5.41, 5.74) is 4.08. The van der Waals surface area contributed by atoms with Crippen molar-refractivity contribution >= 4 is 11.6 Å². The van der Waals surface area contributed by atoms with Gasteiger partial charge < -0.3 is 9.32 Å². The lowest BCUT2D eigenvalue weighted by Crippen LogP contribution is -2.29. The van der Waals surface area contributed by atoms with Crippen molar-refractivity contribution in [1.82, 2.24) is 10.2 Å². The van der Waals surface area contributed by atoms with E-state index in [1.165, 1.54) is 5.56 Å². The van der Waals surface area contributed by atoms with Gasteiger partial charge >= 0.3 is 0 Å². The Morgan fingerprint density at radius 3 is 2.95 bits per heavy atom. The highest BCUT2D eigenvalue weighted by molar-refractivity contribution is 6.11. The van der Waals surface area contributed by atoms with Gasteiger partial charge in [0.15, 0.2) is 5.76 Å². The molecule has 1 N–H and O–H groups in total. The highest BCUT2D eigenvalue weighted by Gasteiger charge is 2.30. The first-order valence-corrected chi connectivity index (χ1v) is 7.24. The van der Waals surface area contributed by atoms with Crippen LogP contribution >= 0.6 is 0 Å². The number of hydrogen-bond acceptors (Lipinski definition) is 3. The van der Waals surface area contributed by atoms with Crippen LogP contribution in [0.1, 0.15) is 21.6 Å². The monoisotopic (exact) mass is 293 g/mol. The molecular formula is C17H15N3O2. The van der Waals surface area contributed by atoms with E-state index in [4.69, 9.17) is 4.42 Å². The first kappa shape index (κ1) is 12.9. The molecular weight excluding hydrogens is 278 g/mol. The molecule has 0 unspecified atom stereocenters. The van der Waals surface area contributed by atoms with Crippen LogP contribution in [0.25, 0.3) is 11.5 Å². The Morgan fingerprint density at radius 2 is 2.14 bits per heavy atom. The smallest absolute Gasteiger partial charge is 0.262 e. The minimum atomic E-state index is -0.0393. The first-order chi connectivity index (χ1) is 10.8. The molecule has 4 rings (SSSR count). The van der Waals surface area contributed by atoms with Gasteiger partial charge in [-0.05, 0) is 37.1 Å². The number of hydrogen-bond donors (Lipinski definition) is 1. The molecule has 0 bridgehead atoms. The number of amides is 1. The highest BCUT2D eigenvalue weighted by Crippen LogP contribution is 2.32. The Labute approximate surface area is 127 Å². The van der Waals surface area contributed by atoms with E-state index in [9.17, 15) is 4.79 Å². The molecule has 0 radical (unpaired) electrons. The molecule has 22 heavy (non-hydrogen) atoms. The Morgan fingerprint density at radius 1 is 1.27 bits per heavy atom. The number of furan rings is 1. The summed E-state index contributed by atoms with van der Waals surface area (Å²) in [6, 6.07) is 11.6. The van der Waals surface area contributed by atoms with Crippen LogP contribution in [0.3, 0.4) is 0 Å². The fourth-order valence-electron chi connectivity index (χ4n) is 2.97. The zero-order chi connectivity index (χ0) is 15.1. The maximum absolute atomic E-state index is 13.0. The number of rotatable bonds is 2. The second-order valence-electron chi connectivity index (χ2n) is 5.39. The summed E-state index contributed by atoms with van der Waals surface area (Å²) in [5.74, 6) is 0.558. The Hall–Kier alpha value is -2.82. The largest absolute Gasteiger partial charge is 0.463 e. The third kappa shape index (κ3) is 1.86.